The van der Waals surface area contributed by atoms with Gasteiger partial charge in [-0.1, -0.05) is 43.3 Å². The smallest absolute Gasteiger partial charge is 0.333 e. The van der Waals surface area contributed by atoms with Crippen molar-refractivity contribution in [2.24, 2.45) is 0 Å². The predicted molar refractivity (Wildman–Crippen MR) is 69.9 cm³/mol. The van der Waals surface area contributed by atoms with Crippen molar-refractivity contribution in [1.29, 1.82) is 0 Å². The van der Waals surface area contributed by atoms with Gasteiger partial charge in [-0.2, -0.15) is 0 Å². The van der Waals surface area contributed by atoms with Gasteiger partial charge in [0.15, 0.2) is 0 Å². The molecular formula is C15H20O2. The molecular weight excluding hydrogens is 212 g/mol. The van der Waals surface area contributed by atoms with Crippen LogP contribution in [0.2, 0.25) is 0 Å². The van der Waals surface area contributed by atoms with Crippen LogP contribution in [-0.4, -0.2) is 12.6 Å². The maximum absolute atomic E-state index is 11.5. The van der Waals surface area contributed by atoms with Crippen molar-refractivity contribution in [3.63, 3.8) is 0 Å². The van der Waals surface area contributed by atoms with Crippen LogP contribution in [0.5, 0.6) is 0 Å². The molecule has 0 amide bonds. The lowest BCUT2D eigenvalue weighted by molar-refractivity contribution is -0.138. The Morgan fingerprint density at radius 1 is 1.29 bits per heavy atom. The maximum atomic E-state index is 11.5. The maximum Gasteiger partial charge on any atom is 0.333 e. The summed E-state index contributed by atoms with van der Waals surface area (Å²) in [5.74, 6) is 0.0579. The highest BCUT2D eigenvalue weighted by Crippen LogP contribution is 2.22. The van der Waals surface area contributed by atoms with Crippen LogP contribution in [-0.2, 0) is 9.53 Å². The molecule has 1 unspecified atom stereocenters. The molecule has 0 spiro atoms. The molecule has 2 nitrogen and oxygen atoms in total. The Morgan fingerprint density at radius 2 is 1.94 bits per heavy atom. The zero-order valence-electron chi connectivity index (χ0n) is 10.8. The number of ether oxygens (including phenoxy) is 1. The van der Waals surface area contributed by atoms with Gasteiger partial charge in [0, 0.05) is 11.5 Å². The van der Waals surface area contributed by atoms with E-state index >= 15 is 0 Å². The Morgan fingerprint density at radius 3 is 2.47 bits per heavy atom. The normalized spacial score (nSPS) is 13.2. The lowest BCUT2D eigenvalue weighted by Gasteiger charge is -2.12. The number of rotatable bonds is 5. The molecule has 0 radical (unpaired) electrons. The molecule has 2 heteroatoms. The molecule has 0 aromatic heterocycles. The summed E-state index contributed by atoms with van der Waals surface area (Å²) in [6, 6.07) is 10.2. The minimum Gasteiger partial charge on any atom is -0.463 e. The minimum atomic E-state index is -0.220. The van der Waals surface area contributed by atoms with Gasteiger partial charge in [-0.3, -0.25) is 0 Å². The van der Waals surface area contributed by atoms with Crippen molar-refractivity contribution < 1.29 is 9.53 Å². The molecule has 0 saturated heterocycles. The summed E-state index contributed by atoms with van der Waals surface area (Å²) in [6.45, 7) is 6.17. The van der Waals surface area contributed by atoms with E-state index in [1.165, 1.54) is 5.56 Å². The number of esters is 1. The van der Waals surface area contributed by atoms with Crippen molar-refractivity contribution in [2.45, 2.75) is 33.1 Å². The van der Waals surface area contributed by atoms with Crippen LogP contribution >= 0.6 is 0 Å². The Kier molecular flexibility index (Phi) is 5.47. The van der Waals surface area contributed by atoms with E-state index in [-0.39, 0.29) is 11.9 Å². The van der Waals surface area contributed by atoms with Crippen molar-refractivity contribution >= 4 is 5.97 Å². The summed E-state index contributed by atoms with van der Waals surface area (Å²) >= 11 is 0. The fourth-order valence-corrected chi connectivity index (χ4v) is 1.76. The van der Waals surface area contributed by atoms with E-state index in [1.807, 2.05) is 38.1 Å². The van der Waals surface area contributed by atoms with E-state index in [1.54, 1.807) is 0 Å². The molecule has 1 aromatic rings. The first-order chi connectivity index (χ1) is 8.19. The van der Waals surface area contributed by atoms with Gasteiger partial charge >= 0.3 is 5.97 Å². The number of hydrogen-bond donors (Lipinski definition) is 0. The molecule has 0 aliphatic carbocycles. The number of carbonyl (C=O) groups excluding carboxylic acids is 1. The van der Waals surface area contributed by atoms with E-state index in [9.17, 15) is 4.79 Å². The molecule has 92 valence electrons. The molecule has 0 N–H and O–H groups in total. The highest BCUT2D eigenvalue weighted by atomic mass is 16.5. The van der Waals surface area contributed by atoms with Gasteiger partial charge in [0.25, 0.3) is 0 Å². The van der Waals surface area contributed by atoms with Crippen LogP contribution in [0.25, 0.3) is 0 Å². The molecule has 0 bridgehead atoms. The number of hydrogen-bond acceptors (Lipinski definition) is 2. The Balaban J connectivity index is 2.82. The van der Waals surface area contributed by atoms with Gasteiger partial charge in [0.1, 0.15) is 0 Å². The first-order valence-electron chi connectivity index (χ1n) is 6.09. The van der Waals surface area contributed by atoms with Gasteiger partial charge in [-0.25, -0.2) is 4.79 Å². The summed E-state index contributed by atoms with van der Waals surface area (Å²) in [7, 11) is 0. The van der Waals surface area contributed by atoms with E-state index in [4.69, 9.17) is 4.74 Å². The van der Waals surface area contributed by atoms with Crippen LogP contribution in [0, 0.1) is 0 Å². The van der Waals surface area contributed by atoms with Gasteiger partial charge < -0.3 is 4.74 Å². The van der Waals surface area contributed by atoms with E-state index < -0.39 is 0 Å². The highest BCUT2D eigenvalue weighted by Gasteiger charge is 2.10. The van der Waals surface area contributed by atoms with E-state index in [2.05, 4.69) is 19.1 Å². The average molecular weight is 232 g/mol. The average Bonchev–Trinajstić information content (AvgIpc) is 2.37. The third kappa shape index (κ3) is 4.06. The Bertz CT molecular complexity index is 379. The molecule has 1 aromatic carbocycles. The molecule has 17 heavy (non-hydrogen) atoms. The van der Waals surface area contributed by atoms with Gasteiger partial charge in [0.05, 0.1) is 6.61 Å². The van der Waals surface area contributed by atoms with Crippen LogP contribution in [0.3, 0.4) is 0 Å². The first-order valence-corrected chi connectivity index (χ1v) is 6.09. The van der Waals surface area contributed by atoms with Crippen molar-refractivity contribution in [3.05, 3.63) is 47.5 Å². The van der Waals surface area contributed by atoms with Gasteiger partial charge in [-0.05, 0) is 25.8 Å². The fourth-order valence-electron chi connectivity index (χ4n) is 1.76. The van der Waals surface area contributed by atoms with Gasteiger partial charge in [0.2, 0.25) is 0 Å². The van der Waals surface area contributed by atoms with E-state index in [0.717, 1.165) is 6.42 Å². The molecule has 0 heterocycles. The largest absolute Gasteiger partial charge is 0.463 e. The molecule has 0 fully saturated rings. The van der Waals surface area contributed by atoms with Crippen molar-refractivity contribution in [2.75, 3.05) is 6.61 Å². The van der Waals surface area contributed by atoms with Crippen LogP contribution in [0.1, 0.15) is 38.7 Å². The quantitative estimate of drug-likeness (QED) is 0.571. The Labute approximate surface area is 103 Å². The molecule has 0 aliphatic rings. The second kappa shape index (κ2) is 6.89. The monoisotopic (exact) mass is 232 g/mol. The van der Waals surface area contributed by atoms with Crippen molar-refractivity contribution in [1.82, 2.24) is 0 Å². The zero-order valence-corrected chi connectivity index (χ0v) is 10.8. The molecule has 0 saturated carbocycles. The minimum absolute atomic E-state index is 0.220. The van der Waals surface area contributed by atoms with Crippen LogP contribution < -0.4 is 0 Å². The zero-order chi connectivity index (χ0) is 12.7. The van der Waals surface area contributed by atoms with Crippen LogP contribution in [0.4, 0.5) is 0 Å². The SMILES string of the molecule is CCOC(=O)/C(C)=C/C(CC)c1ccccc1. The Hall–Kier alpha value is -1.57. The van der Waals surface area contributed by atoms with Crippen LogP contribution in [0.15, 0.2) is 42.0 Å². The molecule has 1 rings (SSSR count). The lowest BCUT2D eigenvalue weighted by atomic mass is 9.94. The number of benzene rings is 1. The summed E-state index contributed by atoms with van der Waals surface area (Å²) in [4.78, 5) is 11.5. The lowest BCUT2D eigenvalue weighted by Crippen LogP contribution is -2.06. The molecule has 1 atom stereocenters. The summed E-state index contributed by atoms with van der Waals surface area (Å²) < 4.78 is 4.98. The molecule has 0 aliphatic heterocycles. The summed E-state index contributed by atoms with van der Waals surface area (Å²) in [5, 5.41) is 0. The second-order valence-electron chi connectivity index (χ2n) is 4.00. The van der Waals surface area contributed by atoms with Crippen molar-refractivity contribution in [3.8, 4) is 0 Å². The summed E-state index contributed by atoms with van der Waals surface area (Å²) in [5.41, 5.74) is 1.92. The summed E-state index contributed by atoms with van der Waals surface area (Å²) in [6.07, 6.45) is 2.97. The number of carbonyl (C=O) groups is 1. The first kappa shape index (κ1) is 13.5. The third-order valence-electron chi connectivity index (χ3n) is 2.72. The highest BCUT2D eigenvalue weighted by molar-refractivity contribution is 5.87. The number of allylic oxidation sites excluding steroid dienone is 1. The topological polar surface area (TPSA) is 26.3 Å². The van der Waals surface area contributed by atoms with Gasteiger partial charge in [-0.15, -0.1) is 0 Å². The predicted octanol–water partition coefficient (Wildman–Crippen LogP) is 3.69. The fraction of sp³-hybridized carbons (Fsp3) is 0.400. The third-order valence-corrected chi connectivity index (χ3v) is 2.72. The second-order valence-corrected chi connectivity index (χ2v) is 4.00. The standard InChI is InChI=1S/C15H20O2/c1-4-13(14-9-7-6-8-10-14)11-12(3)15(16)17-5-2/h6-11,13H,4-5H2,1-3H3/b12-11+. The van der Waals surface area contributed by atoms with E-state index in [0.29, 0.717) is 12.2 Å².